The van der Waals surface area contributed by atoms with Crippen LogP contribution in [0.2, 0.25) is 5.02 Å². The Bertz CT molecular complexity index is 1060. The summed E-state index contributed by atoms with van der Waals surface area (Å²) in [5, 5.41) is 5.43. The van der Waals surface area contributed by atoms with E-state index in [1.54, 1.807) is 12.1 Å². The highest BCUT2D eigenvalue weighted by atomic mass is 35.5. The lowest BCUT2D eigenvalue weighted by atomic mass is 9.95. The van der Waals surface area contributed by atoms with Gasteiger partial charge in [-0.1, -0.05) is 30.9 Å². The highest BCUT2D eigenvalue weighted by molar-refractivity contribution is 7.71. The van der Waals surface area contributed by atoms with Crippen molar-refractivity contribution in [3.63, 3.8) is 0 Å². The molecular weight excluding hydrogens is 435 g/mol. The van der Waals surface area contributed by atoms with Crippen LogP contribution in [0.15, 0.2) is 48.5 Å². The molecule has 0 spiro atoms. The van der Waals surface area contributed by atoms with Crippen molar-refractivity contribution in [1.29, 1.82) is 0 Å². The average Bonchev–Trinajstić information content (AvgIpc) is 3.09. The van der Waals surface area contributed by atoms with Crippen LogP contribution in [-0.4, -0.2) is 32.3 Å². The molecule has 1 aliphatic rings. The minimum absolute atomic E-state index is 0.206. The fourth-order valence-electron chi connectivity index (χ4n) is 4.02. The van der Waals surface area contributed by atoms with Crippen molar-refractivity contribution in [2.45, 2.75) is 51.4 Å². The molecule has 0 N–H and O–H groups in total. The third kappa shape index (κ3) is 5.34. The lowest BCUT2D eigenvalue weighted by Crippen LogP contribution is -2.35. The zero-order valence-electron chi connectivity index (χ0n) is 17.5. The van der Waals surface area contributed by atoms with Crippen LogP contribution < -0.4 is 4.74 Å². The number of benzene rings is 2. The number of halogens is 2. The Labute approximate surface area is 192 Å². The maximum Gasteiger partial charge on any atom is 0.203 e. The van der Waals surface area contributed by atoms with Gasteiger partial charge in [0.2, 0.25) is 4.77 Å². The van der Waals surface area contributed by atoms with E-state index in [1.807, 2.05) is 33.5 Å². The summed E-state index contributed by atoms with van der Waals surface area (Å²) < 4.78 is 23.4. The molecule has 4 rings (SSSR count). The van der Waals surface area contributed by atoms with Gasteiger partial charge in [-0.15, -0.1) is 0 Å². The molecule has 1 aliphatic carbocycles. The number of hydrogen-bond donors (Lipinski definition) is 0. The first kappa shape index (κ1) is 22.0. The molecule has 8 heteroatoms. The molecule has 164 valence electrons. The van der Waals surface area contributed by atoms with Crippen LogP contribution in [0.5, 0.6) is 5.75 Å². The molecule has 0 atom stereocenters. The Morgan fingerprint density at radius 1 is 1.10 bits per heavy atom. The molecular formula is C23H26ClFN4OS. The van der Waals surface area contributed by atoms with E-state index in [2.05, 4.69) is 11.9 Å². The molecule has 0 radical (unpaired) electrons. The fourth-order valence-corrected chi connectivity index (χ4v) is 4.45. The fraction of sp³-hybridized carbons (Fsp3) is 0.391. The monoisotopic (exact) mass is 460 g/mol. The van der Waals surface area contributed by atoms with E-state index in [4.69, 9.17) is 33.7 Å². The average molecular weight is 461 g/mol. The smallest absolute Gasteiger partial charge is 0.203 e. The van der Waals surface area contributed by atoms with Crippen LogP contribution in [0.3, 0.4) is 0 Å². The predicted molar refractivity (Wildman–Crippen MR) is 123 cm³/mol. The first-order valence-corrected chi connectivity index (χ1v) is 11.3. The number of hydrogen-bond acceptors (Lipinski definition) is 4. The van der Waals surface area contributed by atoms with E-state index >= 15 is 0 Å². The molecule has 2 aromatic carbocycles. The third-order valence-corrected chi connectivity index (χ3v) is 6.37. The zero-order chi connectivity index (χ0) is 21.8. The van der Waals surface area contributed by atoms with Crippen molar-refractivity contribution in [1.82, 2.24) is 19.2 Å². The Morgan fingerprint density at radius 2 is 1.77 bits per heavy atom. The molecule has 1 fully saturated rings. The molecule has 3 aromatic rings. The maximum absolute atomic E-state index is 13.2. The second-order valence-electron chi connectivity index (χ2n) is 7.94. The van der Waals surface area contributed by atoms with Crippen LogP contribution in [0.25, 0.3) is 5.69 Å². The van der Waals surface area contributed by atoms with Crippen molar-refractivity contribution in [3.8, 4) is 11.4 Å². The normalized spacial score (nSPS) is 14.8. The van der Waals surface area contributed by atoms with Crippen molar-refractivity contribution in [2.75, 3.05) is 7.05 Å². The van der Waals surface area contributed by atoms with Crippen molar-refractivity contribution in [2.24, 2.45) is 0 Å². The summed E-state index contributed by atoms with van der Waals surface area (Å²) >= 11 is 11.9. The quantitative estimate of drug-likeness (QED) is 0.405. The van der Waals surface area contributed by atoms with Gasteiger partial charge in [-0.05, 0) is 80.6 Å². The first-order chi connectivity index (χ1) is 15.0. The molecule has 5 nitrogen and oxygen atoms in total. The van der Waals surface area contributed by atoms with Crippen LogP contribution >= 0.6 is 23.8 Å². The summed E-state index contributed by atoms with van der Waals surface area (Å²) in [5.41, 5.74) is 0.874. The third-order valence-electron chi connectivity index (χ3n) is 5.73. The molecule has 0 bridgehead atoms. The maximum atomic E-state index is 13.2. The molecule has 0 saturated heterocycles. The summed E-state index contributed by atoms with van der Waals surface area (Å²) in [6.45, 7) is 0.825. The number of nitrogens with zero attached hydrogens (tertiary/aromatic N) is 4. The molecule has 1 aromatic heterocycles. The highest BCUT2D eigenvalue weighted by Gasteiger charge is 2.20. The Hall–Kier alpha value is -2.22. The van der Waals surface area contributed by atoms with Gasteiger partial charge in [0.05, 0.1) is 6.67 Å². The molecule has 1 heterocycles. The molecule has 1 saturated carbocycles. The Balaban J connectivity index is 1.61. The van der Waals surface area contributed by atoms with E-state index in [-0.39, 0.29) is 12.4 Å². The van der Waals surface area contributed by atoms with E-state index in [0.29, 0.717) is 34.1 Å². The van der Waals surface area contributed by atoms with Crippen LogP contribution in [0.4, 0.5) is 4.39 Å². The summed E-state index contributed by atoms with van der Waals surface area (Å²) in [6.07, 6.45) is 6.29. The van der Waals surface area contributed by atoms with Crippen LogP contribution in [0.1, 0.15) is 37.9 Å². The largest absolute Gasteiger partial charge is 0.486 e. The molecule has 31 heavy (non-hydrogen) atoms. The van der Waals surface area contributed by atoms with Gasteiger partial charge in [-0.2, -0.15) is 5.10 Å². The van der Waals surface area contributed by atoms with Gasteiger partial charge in [0, 0.05) is 16.8 Å². The number of ether oxygens (including phenoxy) is 1. The van der Waals surface area contributed by atoms with Gasteiger partial charge in [0.1, 0.15) is 18.2 Å². The SMILES string of the molecule is CN(Cn1nc(COc2ccc(F)cc2)n(-c2ccc(Cl)cc2)c1=S)C1CCCCC1. The van der Waals surface area contributed by atoms with Crippen molar-refractivity contribution >= 4 is 23.8 Å². The summed E-state index contributed by atoms with van der Waals surface area (Å²) in [5.74, 6) is 0.948. The predicted octanol–water partition coefficient (Wildman–Crippen LogP) is 6.00. The summed E-state index contributed by atoms with van der Waals surface area (Å²) in [7, 11) is 2.13. The number of rotatable bonds is 7. The van der Waals surface area contributed by atoms with Gasteiger partial charge in [-0.25, -0.2) is 9.07 Å². The minimum atomic E-state index is -0.300. The van der Waals surface area contributed by atoms with Crippen LogP contribution in [0, 0.1) is 10.6 Å². The van der Waals surface area contributed by atoms with Gasteiger partial charge in [0.15, 0.2) is 5.82 Å². The molecule has 0 aliphatic heterocycles. The van der Waals surface area contributed by atoms with E-state index in [9.17, 15) is 4.39 Å². The van der Waals surface area contributed by atoms with Crippen LogP contribution in [-0.2, 0) is 13.3 Å². The van der Waals surface area contributed by atoms with Gasteiger partial charge >= 0.3 is 0 Å². The second kappa shape index (κ2) is 9.94. The van der Waals surface area contributed by atoms with Crippen molar-refractivity contribution in [3.05, 3.63) is 70.0 Å². The minimum Gasteiger partial charge on any atom is -0.486 e. The first-order valence-electron chi connectivity index (χ1n) is 10.5. The Kier molecular flexibility index (Phi) is 7.05. The van der Waals surface area contributed by atoms with Crippen molar-refractivity contribution < 1.29 is 9.13 Å². The highest BCUT2D eigenvalue weighted by Crippen LogP contribution is 2.23. The lowest BCUT2D eigenvalue weighted by molar-refractivity contribution is 0.145. The van der Waals surface area contributed by atoms with Gasteiger partial charge in [-0.3, -0.25) is 9.47 Å². The number of aromatic nitrogens is 3. The molecule has 0 unspecified atom stereocenters. The standard InChI is InChI=1S/C23H26ClFN4OS/c1-27(19-5-3-2-4-6-19)16-28-23(31)29(20-11-7-17(24)8-12-20)22(26-28)15-30-21-13-9-18(25)10-14-21/h7-14,19H,2-6,15-16H2,1H3. The van der Waals surface area contributed by atoms with E-state index in [1.165, 1.54) is 44.2 Å². The van der Waals surface area contributed by atoms with E-state index in [0.717, 1.165) is 5.69 Å². The molecule has 0 amide bonds. The second-order valence-corrected chi connectivity index (χ2v) is 8.74. The summed E-state index contributed by atoms with van der Waals surface area (Å²) in [4.78, 5) is 2.33. The summed E-state index contributed by atoms with van der Waals surface area (Å²) in [6, 6.07) is 14.0. The zero-order valence-corrected chi connectivity index (χ0v) is 19.1. The van der Waals surface area contributed by atoms with E-state index < -0.39 is 0 Å². The van der Waals surface area contributed by atoms with Gasteiger partial charge in [0.25, 0.3) is 0 Å². The topological polar surface area (TPSA) is 35.2 Å². The lowest BCUT2D eigenvalue weighted by Gasteiger charge is -2.30. The Morgan fingerprint density at radius 3 is 2.45 bits per heavy atom. The van der Waals surface area contributed by atoms with Gasteiger partial charge < -0.3 is 4.74 Å².